The number of hydrogen-bond acceptors (Lipinski definition) is 1. The number of halogens is 1. The summed E-state index contributed by atoms with van der Waals surface area (Å²) in [5.41, 5.74) is 8.69. The van der Waals surface area contributed by atoms with Crippen LogP contribution in [0.2, 0.25) is 0 Å². The van der Waals surface area contributed by atoms with Crippen LogP contribution in [0.25, 0.3) is 11.1 Å². The normalized spacial score (nSPS) is 10.4. The molecule has 0 fully saturated rings. The molecule has 0 spiro atoms. The highest BCUT2D eigenvalue weighted by Crippen LogP contribution is 2.24. The highest BCUT2D eigenvalue weighted by atomic mass is 19.1. The lowest BCUT2D eigenvalue weighted by Gasteiger charge is -2.08. The van der Waals surface area contributed by atoms with Crippen molar-refractivity contribution >= 4 is 0 Å². The van der Waals surface area contributed by atoms with Gasteiger partial charge in [-0.1, -0.05) is 36.4 Å². The molecule has 0 aromatic heterocycles. The fourth-order valence-electron chi connectivity index (χ4n) is 1.83. The van der Waals surface area contributed by atoms with Gasteiger partial charge in [0.05, 0.1) is 0 Å². The molecule has 0 unspecified atom stereocenters. The Morgan fingerprint density at radius 2 is 1.81 bits per heavy atom. The second-order valence-electron chi connectivity index (χ2n) is 3.71. The van der Waals surface area contributed by atoms with Gasteiger partial charge < -0.3 is 5.73 Å². The third-order valence-corrected chi connectivity index (χ3v) is 2.57. The second-order valence-corrected chi connectivity index (χ2v) is 3.71. The van der Waals surface area contributed by atoms with Crippen molar-refractivity contribution in [2.24, 2.45) is 5.73 Å². The van der Waals surface area contributed by atoms with Gasteiger partial charge in [0, 0.05) is 0 Å². The molecule has 0 heterocycles. The second kappa shape index (κ2) is 4.90. The molecule has 2 aromatic carbocycles. The summed E-state index contributed by atoms with van der Waals surface area (Å²) >= 11 is 0. The van der Waals surface area contributed by atoms with Crippen molar-refractivity contribution in [3.63, 3.8) is 0 Å². The van der Waals surface area contributed by atoms with Crippen LogP contribution in [0.1, 0.15) is 5.56 Å². The van der Waals surface area contributed by atoms with Crippen molar-refractivity contribution in [1.82, 2.24) is 0 Å². The van der Waals surface area contributed by atoms with E-state index in [1.165, 1.54) is 6.07 Å². The van der Waals surface area contributed by atoms with Crippen LogP contribution in [0, 0.1) is 5.82 Å². The maximum Gasteiger partial charge on any atom is 0.123 e. The lowest BCUT2D eigenvalue weighted by atomic mass is 9.98. The quantitative estimate of drug-likeness (QED) is 0.836. The first-order valence-electron chi connectivity index (χ1n) is 5.35. The van der Waals surface area contributed by atoms with Crippen molar-refractivity contribution in [3.8, 4) is 11.1 Å². The van der Waals surface area contributed by atoms with Crippen LogP contribution in [-0.2, 0) is 6.42 Å². The monoisotopic (exact) mass is 215 g/mol. The summed E-state index contributed by atoms with van der Waals surface area (Å²) in [6, 6.07) is 14.6. The van der Waals surface area contributed by atoms with Crippen LogP contribution in [0.15, 0.2) is 48.5 Å². The molecule has 0 saturated heterocycles. The Hall–Kier alpha value is -1.67. The summed E-state index contributed by atoms with van der Waals surface area (Å²) in [5, 5.41) is 0. The largest absolute Gasteiger partial charge is 0.330 e. The van der Waals surface area contributed by atoms with E-state index in [1.54, 1.807) is 12.1 Å². The number of rotatable bonds is 3. The minimum absolute atomic E-state index is 0.208. The van der Waals surface area contributed by atoms with Crippen LogP contribution < -0.4 is 5.73 Å². The van der Waals surface area contributed by atoms with E-state index >= 15 is 0 Å². The van der Waals surface area contributed by atoms with Crippen molar-refractivity contribution < 1.29 is 4.39 Å². The van der Waals surface area contributed by atoms with Gasteiger partial charge in [-0.25, -0.2) is 4.39 Å². The molecule has 16 heavy (non-hydrogen) atoms. The Morgan fingerprint density at radius 1 is 1.00 bits per heavy atom. The van der Waals surface area contributed by atoms with Gasteiger partial charge in [0.1, 0.15) is 5.82 Å². The van der Waals surface area contributed by atoms with Gasteiger partial charge in [-0.15, -0.1) is 0 Å². The molecular formula is C14H14FN. The lowest BCUT2D eigenvalue weighted by molar-refractivity contribution is 0.628. The van der Waals surface area contributed by atoms with E-state index in [2.05, 4.69) is 0 Å². The average Bonchev–Trinajstić information content (AvgIpc) is 2.30. The fourth-order valence-corrected chi connectivity index (χ4v) is 1.83. The van der Waals surface area contributed by atoms with Gasteiger partial charge >= 0.3 is 0 Å². The zero-order valence-corrected chi connectivity index (χ0v) is 8.99. The maximum atomic E-state index is 13.1. The SMILES string of the molecule is NCCc1ccccc1-c1cccc(F)c1. The van der Waals surface area contributed by atoms with Gasteiger partial charge in [-0.3, -0.25) is 0 Å². The lowest BCUT2D eigenvalue weighted by Crippen LogP contribution is -2.03. The third-order valence-electron chi connectivity index (χ3n) is 2.57. The van der Waals surface area contributed by atoms with Gasteiger partial charge in [0.15, 0.2) is 0 Å². The third kappa shape index (κ3) is 2.28. The van der Waals surface area contributed by atoms with Crippen molar-refractivity contribution in [1.29, 1.82) is 0 Å². The van der Waals surface area contributed by atoms with E-state index in [0.717, 1.165) is 23.1 Å². The fraction of sp³-hybridized carbons (Fsp3) is 0.143. The first-order chi connectivity index (χ1) is 7.81. The minimum atomic E-state index is -0.208. The standard InChI is InChI=1S/C14H14FN/c15-13-6-3-5-12(10-13)14-7-2-1-4-11(14)8-9-16/h1-7,10H,8-9,16H2. The number of benzene rings is 2. The van der Waals surface area contributed by atoms with Gasteiger partial charge in [0.2, 0.25) is 0 Å². The van der Waals surface area contributed by atoms with E-state index in [-0.39, 0.29) is 5.82 Å². The average molecular weight is 215 g/mol. The summed E-state index contributed by atoms with van der Waals surface area (Å²) in [7, 11) is 0. The Bertz CT molecular complexity index is 480. The summed E-state index contributed by atoms with van der Waals surface area (Å²) in [6.45, 7) is 0.604. The van der Waals surface area contributed by atoms with E-state index in [0.29, 0.717) is 6.54 Å². The predicted molar refractivity (Wildman–Crippen MR) is 64.6 cm³/mol. The molecule has 0 bridgehead atoms. The highest BCUT2D eigenvalue weighted by Gasteiger charge is 2.04. The molecule has 0 radical (unpaired) electrons. The smallest absolute Gasteiger partial charge is 0.123 e. The number of hydrogen-bond donors (Lipinski definition) is 1. The molecule has 82 valence electrons. The molecule has 0 saturated carbocycles. The molecule has 2 rings (SSSR count). The Balaban J connectivity index is 2.46. The zero-order chi connectivity index (χ0) is 11.4. The van der Waals surface area contributed by atoms with Crippen molar-refractivity contribution in [3.05, 3.63) is 59.9 Å². The Kier molecular flexibility index (Phi) is 3.32. The first-order valence-corrected chi connectivity index (χ1v) is 5.35. The van der Waals surface area contributed by atoms with E-state index < -0.39 is 0 Å². The molecule has 0 aliphatic carbocycles. The Morgan fingerprint density at radius 3 is 2.56 bits per heavy atom. The van der Waals surface area contributed by atoms with Crippen molar-refractivity contribution in [2.75, 3.05) is 6.54 Å². The van der Waals surface area contributed by atoms with E-state index in [1.807, 2.05) is 30.3 Å². The van der Waals surface area contributed by atoms with Crippen molar-refractivity contribution in [2.45, 2.75) is 6.42 Å². The highest BCUT2D eigenvalue weighted by molar-refractivity contribution is 5.67. The van der Waals surface area contributed by atoms with Crippen LogP contribution in [-0.4, -0.2) is 6.54 Å². The van der Waals surface area contributed by atoms with Gasteiger partial charge in [-0.2, -0.15) is 0 Å². The van der Waals surface area contributed by atoms with Crippen LogP contribution in [0.3, 0.4) is 0 Å². The van der Waals surface area contributed by atoms with Crippen LogP contribution >= 0.6 is 0 Å². The first kappa shape index (κ1) is 10.8. The summed E-state index contributed by atoms with van der Waals surface area (Å²) in [5.74, 6) is -0.208. The molecular weight excluding hydrogens is 201 g/mol. The topological polar surface area (TPSA) is 26.0 Å². The van der Waals surface area contributed by atoms with Gasteiger partial charge in [-0.05, 0) is 41.8 Å². The zero-order valence-electron chi connectivity index (χ0n) is 8.99. The molecule has 2 heteroatoms. The molecule has 2 aromatic rings. The molecule has 0 aliphatic heterocycles. The maximum absolute atomic E-state index is 13.1. The molecule has 0 atom stereocenters. The van der Waals surface area contributed by atoms with Crippen LogP contribution in [0.4, 0.5) is 4.39 Å². The summed E-state index contributed by atoms with van der Waals surface area (Å²) in [4.78, 5) is 0. The Labute approximate surface area is 94.7 Å². The molecule has 0 amide bonds. The van der Waals surface area contributed by atoms with E-state index in [9.17, 15) is 4.39 Å². The van der Waals surface area contributed by atoms with Crippen LogP contribution in [0.5, 0.6) is 0 Å². The summed E-state index contributed by atoms with van der Waals surface area (Å²) < 4.78 is 13.1. The predicted octanol–water partition coefficient (Wildman–Crippen LogP) is 2.99. The summed E-state index contributed by atoms with van der Waals surface area (Å²) in [6.07, 6.45) is 0.812. The molecule has 1 nitrogen and oxygen atoms in total. The molecule has 2 N–H and O–H groups in total. The molecule has 0 aliphatic rings. The number of nitrogens with two attached hydrogens (primary N) is 1. The van der Waals surface area contributed by atoms with Gasteiger partial charge in [0.25, 0.3) is 0 Å². The van der Waals surface area contributed by atoms with E-state index in [4.69, 9.17) is 5.73 Å². The minimum Gasteiger partial charge on any atom is -0.330 e.